The average molecular weight is 348 g/mol. The Morgan fingerprint density at radius 1 is 1.04 bits per heavy atom. The van der Waals surface area contributed by atoms with Gasteiger partial charge in [0.1, 0.15) is 0 Å². The third-order valence-electron chi connectivity index (χ3n) is 5.39. The molecule has 2 aliphatic rings. The molecule has 3 heterocycles. The van der Waals surface area contributed by atoms with Crippen molar-refractivity contribution in [2.75, 3.05) is 63.8 Å². The van der Waals surface area contributed by atoms with Crippen LogP contribution in [0.5, 0.6) is 0 Å². The quantitative estimate of drug-likeness (QED) is 0.749. The summed E-state index contributed by atoms with van der Waals surface area (Å²) in [6, 6.07) is 0.657. The molecular weight excluding hydrogens is 316 g/mol. The zero-order valence-electron chi connectivity index (χ0n) is 15.9. The van der Waals surface area contributed by atoms with E-state index in [0.717, 1.165) is 38.3 Å². The van der Waals surface area contributed by atoms with Gasteiger partial charge in [-0.3, -0.25) is 19.3 Å². The second kappa shape index (κ2) is 8.29. The number of anilines is 1. The molecular formula is C18H32N6O. The molecule has 0 aromatic carbocycles. The molecule has 1 aromatic heterocycles. The van der Waals surface area contributed by atoms with E-state index >= 15 is 0 Å². The summed E-state index contributed by atoms with van der Waals surface area (Å²) in [6.07, 6.45) is 4.82. The van der Waals surface area contributed by atoms with Crippen molar-refractivity contribution in [1.82, 2.24) is 24.5 Å². The van der Waals surface area contributed by atoms with Crippen LogP contribution in [0.2, 0.25) is 0 Å². The fourth-order valence-electron chi connectivity index (χ4n) is 3.75. The van der Waals surface area contributed by atoms with E-state index in [-0.39, 0.29) is 5.91 Å². The lowest BCUT2D eigenvalue weighted by atomic mass is 10.2. The van der Waals surface area contributed by atoms with Crippen LogP contribution in [0.3, 0.4) is 0 Å². The molecule has 0 spiro atoms. The molecule has 1 aromatic rings. The van der Waals surface area contributed by atoms with Gasteiger partial charge in [0.05, 0.1) is 18.4 Å². The second-order valence-corrected chi connectivity index (χ2v) is 7.52. The van der Waals surface area contributed by atoms with Crippen LogP contribution in [-0.2, 0) is 11.8 Å². The molecule has 2 aliphatic heterocycles. The van der Waals surface area contributed by atoms with E-state index in [1.807, 2.05) is 18.1 Å². The molecule has 3 rings (SSSR count). The molecule has 0 aliphatic carbocycles. The Kier molecular flexibility index (Phi) is 6.09. The van der Waals surface area contributed by atoms with Crippen LogP contribution in [0.4, 0.5) is 5.69 Å². The summed E-state index contributed by atoms with van der Waals surface area (Å²) < 4.78 is 1.74. The SMILES string of the molecule is CC(C)N1CCN(CCCN2CCN(c3cnn(C)c3)C(=O)C2)CC1. The van der Waals surface area contributed by atoms with Crippen molar-refractivity contribution in [2.24, 2.45) is 7.05 Å². The predicted octanol–water partition coefficient (Wildman–Crippen LogP) is 0.485. The number of aromatic nitrogens is 2. The lowest BCUT2D eigenvalue weighted by Crippen LogP contribution is -2.51. The monoisotopic (exact) mass is 348 g/mol. The van der Waals surface area contributed by atoms with E-state index in [4.69, 9.17) is 0 Å². The first-order valence-corrected chi connectivity index (χ1v) is 9.50. The number of rotatable bonds is 6. The van der Waals surface area contributed by atoms with Gasteiger partial charge in [-0.15, -0.1) is 0 Å². The minimum atomic E-state index is 0.185. The lowest BCUT2D eigenvalue weighted by molar-refractivity contribution is -0.121. The van der Waals surface area contributed by atoms with Crippen molar-refractivity contribution in [3.63, 3.8) is 0 Å². The Hall–Kier alpha value is -1.44. The molecule has 1 amide bonds. The van der Waals surface area contributed by atoms with Crippen LogP contribution < -0.4 is 4.90 Å². The van der Waals surface area contributed by atoms with Crippen molar-refractivity contribution >= 4 is 11.6 Å². The van der Waals surface area contributed by atoms with Crippen LogP contribution in [0.25, 0.3) is 0 Å². The fourth-order valence-corrected chi connectivity index (χ4v) is 3.75. The summed E-state index contributed by atoms with van der Waals surface area (Å²) in [7, 11) is 1.88. The Morgan fingerprint density at radius 3 is 2.32 bits per heavy atom. The van der Waals surface area contributed by atoms with Gasteiger partial charge in [-0.2, -0.15) is 5.10 Å². The minimum absolute atomic E-state index is 0.185. The van der Waals surface area contributed by atoms with Crippen molar-refractivity contribution in [3.8, 4) is 0 Å². The standard InChI is InChI=1S/C18H32N6O/c1-16(2)23-10-7-21(8-11-23)5-4-6-22-9-12-24(18(25)15-22)17-13-19-20(3)14-17/h13-14,16H,4-12,15H2,1-3H3. The van der Waals surface area contributed by atoms with E-state index in [1.54, 1.807) is 10.9 Å². The third-order valence-corrected chi connectivity index (χ3v) is 5.39. The average Bonchev–Trinajstić information content (AvgIpc) is 3.01. The van der Waals surface area contributed by atoms with Crippen molar-refractivity contribution in [3.05, 3.63) is 12.4 Å². The first-order chi connectivity index (χ1) is 12.0. The maximum atomic E-state index is 12.4. The van der Waals surface area contributed by atoms with Crippen LogP contribution in [0.1, 0.15) is 20.3 Å². The molecule has 0 atom stereocenters. The van der Waals surface area contributed by atoms with Gasteiger partial charge in [0.15, 0.2) is 0 Å². The van der Waals surface area contributed by atoms with Crippen molar-refractivity contribution in [2.45, 2.75) is 26.3 Å². The highest BCUT2D eigenvalue weighted by molar-refractivity contribution is 5.95. The summed E-state index contributed by atoms with van der Waals surface area (Å²) >= 11 is 0. The highest BCUT2D eigenvalue weighted by atomic mass is 16.2. The molecule has 2 fully saturated rings. The van der Waals surface area contributed by atoms with E-state index < -0.39 is 0 Å². The molecule has 2 saturated heterocycles. The number of hydrogen-bond acceptors (Lipinski definition) is 5. The number of piperazine rings is 2. The van der Waals surface area contributed by atoms with Crippen molar-refractivity contribution in [1.29, 1.82) is 0 Å². The Morgan fingerprint density at radius 2 is 1.72 bits per heavy atom. The maximum absolute atomic E-state index is 12.4. The van der Waals surface area contributed by atoms with Gasteiger partial charge < -0.3 is 9.80 Å². The van der Waals surface area contributed by atoms with E-state index in [0.29, 0.717) is 12.6 Å². The molecule has 140 valence electrons. The number of carbonyl (C=O) groups excluding carboxylic acids is 1. The van der Waals surface area contributed by atoms with Crippen LogP contribution in [-0.4, -0.2) is 95.3 Å². The number of aryl methyl sites for hydroxylation is 1. The molecule has 25 heavy (non-hydrogen) atoms. The minimum Gasteiger partial charge on any atom is -0.307 e. The zero-order valence-corrected chi connectivity index (χ0v) is 15.9. The van der Waals surface area contributed by atoms with Gasteiger partial charge >= 0.3 is 0 Å². The molecule has 7 heteroatoms. The van der Waals surface area contributed by atoms with Gasteiger partial charge in [-0.1, -0.05) is 0 Å². The zero-order chi connectivity index (χ0) is 17.8. The smallest absolute Gasteiger partial charge is 0.241 e. The first kappa shape index (κ1) is 18.4. The fraction of sp³-hybridized carbons (Fsp3) is 0.778. The topological polar surface area (TPSA) is 47.9 Å². The van der Waals surface area contributed by atoms with Gasteiger partial charge in [0.25, 0.3) is 0 Å². The lowest BCUT2D eigenvalue weighted by Gasteiger charge is -2.37. The van der Waals surface area contributed by atoms with Crippen molar-refractivity contribution < 1.29 is 4.79 Å². The normalized spacial score (nSPS) is 21.4. The maximum Gasteiger partial charge on any atom is 0.241 e. The first-order valence-electron chi connectivity index (χ1n) is 9.50. The van der Waals surface area contributed by atoms with E-state index in [2.05, 4.69) is 33.6 Å². The summed E-state index contributed by atoms with van der Waals surface area (Å²) in [5.41, 5.74) is 0.912. The molecule has 0 bridgehead atoms. The summed E-state index contributed by atoms with van der Waals surface area (Å²) in [4.78, 5) is 21.7. The third kappa shape index (κ3) is 4.80. The Labute approximate surface area is 151 Å². The molecule has 7 nitrogen and oxygen atoms in total. The van der Waals surface area contributed by atoms with Gasteiger partial charge in [0, 0.05) is 58.6 Å². The van der Waals surface area contributed by atoms with Crippen LogP contribution in [0, 0.1) is 0 Å². The van der Waals surface area contributed by atoms with Crippen LogP contribution in [0.15, 0.2) is 12.4 Å². The van der Waals surface area contributed by atoms with Gasteiger partial charge in [-0.25, -0.2) is 0 Å². The Balaban J connectivity index is 1.36. The largest absolute Gasteiger partial charge is 0.307 e. The van der Waals surface area contributed by atoms with E-state index in [1.165, 1.54) is 26.2 Å². The second-order valence-electron chi connectivity index (χ2n) is 7.52. The van der Waals surface area contributed by atoms with E-state index in [9.17, 15) is 4.79 Å². The highest BCUT2D eigenvalue weighted by Crippen LogP contribution is 2.16. The number of nitrogens with zero attached hydrogens (tertiary/aromatic N) is 6. The van der Waals surface area contributed by atoms with Crippen LogP contribution >= 0.6 is 0 Å². The number of hydrogen-bond donors (Lipinski definition) is 0. The number of carbonyl (C=O) groups is 1. The molecule has 0 radical (unpaired) electrons. The van der Waals surface area contributed by atoms with Gasteiger partial charge in [-0.05, 0) is 33.4 Å². The summed E-state index contributed by atoms with van der Waals surface area (Å²) in [5, 5.41) is 4.16. The molecule has 0 saturated carbocycles. The summed E-state index contributed by atoms with van der Waals surface area (Å²) in [6.45, 7) is 13.6. The molecule has 0 unspecified atom stereocenters. The molecule has 0 N–H and O–H groups in total. The predicted molar refractivity (Wildman–Crippen MR) is 99.8 cm³/mol. The van der Waals surface area contributed by atoms with Gasteiger partial charge in [0.2, 0.25) is 5.91 Å². The summed E-state index contributed by atoms with van der Waals surface area (Å²) in [5.74, 6) is 0.185. The highest BCUT2D eigenvalue weighted by Gasteiger charge is 2.26. The number of amides is 1. The Bertz CT molecular complexity index is 564.